The molecule has 0 aliphatic carbocycles. The molecule has 25 heavy (non-hydrogen) atoms. The van der Waals surface area contributed by atoms with Crippen molar-refractivity contribution in [1.82, 2.24) is 19.8 Å². The van der Waals surface area contributed by atoms with Crippen LogP contribution in [0.1, 0.15) is 17.3 Å². The van der Waals surface area contributed by atoms with Crippen molar-refractivity contribution in [3.8, 4) is 0 Å². The molecule has 128 valence electrons. The van der Waals surface area contributed by atoms with Crippen molar-refractivity contribution in [2.75, 3.05) is 36.0 Å². The first-order valence-corrected chi connectivity index (χ1v) is 8.10. The molecule has 0 bridgehead atoms. The van der Waals surface area contributed by atoms with Crippen LogP contribution in [0.2, 0.25) is 0 Å². The fourth-order valence-electron chi connectivity index (χ4n) is 3.19. The lowest BCUT2D eigenvalue weighted by Crippen LogP contribution is -2.47. The summed E-state index contributed by atoms with van der Waals surface area (Å²) in [5.74, 6) is 0.125. The number of halogens is 1. The quantitative estimate of drug-likeness (QED) is 0.677. The zero-order valence-electron chi connectivity index (χ0n) is 13.8. The number of hydrogen-bond acceptors (Lipinski definition) is 6. The molecule has 0 amide bonds. The van der Waals surface area contributed by atoms with Gasteiger partial charge in [-0.25, -0.2) is 4.39 Å². The van der Waals surface area contributed by atoms with Crippen molar-refractivity contribution in [2.45, 2.75) is 6.92 Å². The molecule has 0 N–H and O–H groups in total. The van der Waals surface area contributed by atoms with Crippen LogP contribution in [0.3, 0.4) is 0 Å². The normalized spacial score (nSPS) is 15.0. The van der Waals surface area contributed by atoms with Gasteiger partial charge in [-0.2, -0.15) is 4.52 Å². The van der Waals surface area contributed by atoms with Gasteiger partial charge in [0.05, 0.1) is 11.3 Å². The SMILES string of the molecule is CC(=O)c1c(F)cccc1N1CCN(c2ccc3nncn3n2)CC1. The Balaban J connectivity index is 1.54. The zero-order valence-corrected chi connectivity index (χ0v) is 13.8. The van der Waals surface area contributed by atoms with E-state index in [1.165, 1.54) is 13.0 Å². The van der Waals surface area contributed by atoms with E-state index in [0.717, 1.165) is 18.9 Å². The van der Waals surface area contributed by atoms with Gasteiger partial charge >= 0.3 is 0 Å². The summed E-state index contributed by atoms with van der Waals surface area (Å²) < 4.78 is 15.7. The second-order valence-corrected chi connectivity index (χ2v) is 5.99. The van der Waals surface area contributed by atoms with Gasteiger partial charge < -0.3 is 9.80 Å². The van der Waals surface area contributed by atoms with E-state index in [9.17, 15) is 9.18 Å². The summed E-state index contributed by atoms with van der Waals surface area (Å²) >= 11 is 0. The number of nitrogens with zero attached hydrogens (tertiary/aromatic N) is 6. The van der Waals surface area contributed by atoms with Gasteiger partial charge in [0.25, 0.3) is 0 Å². The number of rotatable bonds is 3. The third-order valence-electron chi connectivity index (χ3n) is 4.44. The van der Waals surface area contributed by atoms with Gasteiger partial charge in [-0.05, 0) is 31.2 Å². The summed E-state index contributed by atoms with van der Waals surface area (Å²) in [7, 11) is 0. The number of carbonyl (C=O) groups is 1. The van der Waals surface area contributed by atoms with Gasteiger partial charge in [0, 0.05) is 26.2 Å². The van der Waals surface area contributed by atoms with Gasteiger partial charge in [-0.1, -0.05) is 6.07 Å². The fraction of sp³-hybridized carbons (Fsp3) is 0.294. The van der Waals surface area contributed by atoms with Crippen molar-refractivity contribution >= 4 is 22.9 Å². The Morgan fingerprint density at radius 2 is 1.84 bits per heavy atom. The molecule has 1 aromatic carbocycles. The van der Waals surface area contributed by atoms with Crippen LogP contribution in [0.25, 0.3) is 5.65 Å². The van der Waals surface area contributed by atoms with Crippen LogP contribution in [0, 0.1) is 5.82 Å². The second-order valence-electron chi connectivity index (χ2n) is 5.99. The first kappa shape index (κ1) is 15.5. The number of anilines is 2. The fourth-order valence-corrected chi connectivity index (χ4v) is 3.19. The summed E-state index contributed by atoms with van der Waals surface area (Å²) in [4.78, 5) is 16.0. The minimum absolute atomic E-state index is 0.167. The lowest BCUT2D eigenvalue weighted by molar-refractivity contribution is 0.101. The highest BCUT2D eigenvalue weighted by atomic mass is 19.1. The minimum atomic E-state index is -0.466. The Morgan fingerprint density at radius 1 is 1.08 bits per heavy atom. The van der Waals surface area contributed by atoms with Gasteiger partial charge in [-0.3, -0.25) is 4.79 Å². The maximum Gasteiger partial charge on any atom is 0.177 e. The Bertz CT molecular complexity index is 932. The van der Waals surface area contributed by atoms with E-state index in [1.54, 1.807) is 23.0 Å². The number of benzene rings is 1. The molecule has 0 saturated carbocycles. The van der Waals surface area contributed by atoms with Crippen molar-refractivity contribution in [2.24, 2.45) is 0 Å². The molecule has 3 heterocycles. The summed E-state index contributed by atoms with van der Waals surface area (Å²) in [5.41, 5.74) is 1.53. The molecular formula is C17H17FN6O. The summed E-state index contributed by atoms with van der Waals surface area (Å²) in [5, 5.41) is 12.3. The Kier molecular flexibility index (Phi) is 3.79. The highest BCUT2D eigenvalue weighted by Gasteiger charge is 2.23. The summed E-state index contributed by atoms with van der Waals surface area (Å²) in [6, 6.07) is 8.57. The van der Waals surface area contributed by atoms with E-state index in [2.05, 4.69) is 20.2 Å². The lowest BCUT2D eigenvalue weighted by Gasteiger charge is -2.37. The van der Waals surface area contributed by atoms with Crippen LogP contribution in [0.4, 0.5) is 15.9 Å². The predicted octanol–water partition coefficient (Wildman–Crippen LogP) is 1.79. The van der Waals surface area contributed by atoms with Gasteiger partial charge in [0.2, 0.25) is 0 Å². The Labute approximate surface area is 143 Å². The van der Waals surface area contributed by atoms with Crippen LogP contribution in [0.15, 0.2) is 36.7 Å². The maximum absolute atomic E-state index is 14.0. The number of Topliss-reactive ketones (excluding diaryl/α,β-unsaturated/α-hetero) is 1. The van der Waals surface area contributed by atoms with E-state index >= 15 is 0 Å². The van der Waals surface area contributed by atoms with Crippen molar-refractivity contribution in [1.29, 1.82) is 0 Å². The molecule has 1 fully saturated rings. The molecule has 0 radical (unpaired) electrons. The topological polar surface area (TPSA) is 66.6 Å². The van der Waals surface area contributed by atoms with Crippen LogP contribution in [0.5, 0.6) is 0 Å². The third kappa shape index (κ3) is 2.79. The maximum atomic E-state index is 14.0. The largest absolute Gasteiger partial charge is 0.367 e. The zero-order chi connectivity index (χ0) is 17.4. The van der Waals surface area contributed by atoms with E-state index < -0.39 is 5.82 Å². The van der Waals surface area contributed by atoms with Crippen LogP contribution in [-0.4, -0.2) is 51.8 Å². The van der Waals surface area contributed by atoms with Gasteiger partial charge in [0.15, 0.2) is 11.4 Å². The highest BCUT2D eigenvalue weighted by Crippen LogP contribution is 2.26. The van der Waals surface area contributed by atoms with Crippen molar-refractivity contribution in [3.63, 3.8) is 0 Å². The lowest BCUT2D eigenvalue weighted by atomic mass is 10.1. The van der Waals surface area contributed by atoms with Crippen molar-refractivity contribution < 1.29 is 9.18 Å². The molecule has 0 atom stereocenters. The molecule has 1 aliphatic rings. The molecule has 1 saturated heterocycles. The highest BCUT2D eigenvalue weighted by molar-refractivity contribution is 6.00. The number of fused-ring (bicyclic) bond motifs is 1. The molecule has 8 heteroatoms. The van der Waals surface area contributed by atoms with E-state index in [1.807, 2.05) is 17.0 Å². The van der Waals surface area contributed by atoms with Crippen LogP contribution >= 0.6 is 0 Å². The van der Waals surface area contributed by atoms with E-state index in [4.69, 9.17) is 0 Å². The standard InChI is InChI=1S/C17H17FN6O/c1-12(25)17-13(18)3-2-4-14(17)22-7-9-23(10-8-22)16-6-5-15-20-19-11-24(15)21-16/h2-6,11H,7-10H2,1H3. The first-order chi connectivity index (χ1) is 12.1. The Morgan fingerprint density at radius 3 is 2.60 bits per heavy atom. The molecule has 3 aromatic rings. The van der Waals surface area contributed by atoms with Crippen LogP contribution < -0.4 is 9.80 Å². The second kappa shape index (κ2) is 6.12. The average molecular weight is 340 g/mol. The van der Waals surface area contributed by atoms with Gasteiger partial charge in [0.1, 0.15) is 18.0 Å². The number of aromatic nitrogens is 4. The van der Waals surface area contributed by atoms with E-state index in [0.29, 0.717) is 24.4 Å². The summed E-state index contributed by atoms with van der Waals surface area (Å²) in [6.07, 6.45) is 1.57. The molecule has 4 rings (SSSR count). The smallest absolute Gasteiger partial charge is 0.177 e. The molecular weight excluding hydrogens is 323 g/mol. The molecule has 7 nitrogen and oxygen atoms in total. The number of piperazine rings is 1. The average Bonchev–Trinajstić information content (AvgIpc) is 3.09. The number of ketones is 1. The number of hydrogen-bond donors (Lipinski definition) is 0. The molecule has 2 aromatic heterocycles. The summed E-state index contributed by atoms with van der Waals surface area (Å²) in [6.45, 7) is 4.23. The molecule has 1 aliphatic heterocycles. The minimum Gasteiger partial charge on any atom is -0.367 e. The monoisotopic (exact) mass is 340 g/mol. The Hall–Kier alpha value is -3.03. The van der Waals surface area contributed by atoms with Crippen molar-refractivity contribution in [3.05, 3.63) is 48.0 Å². The molecule has 0 unspecified atom stereocenters. The predicted molar refractivity (Wildman–Crippen MR) is 91.6 cm³/mol. The number of carbonyl (C=O) groups excluding carboxylic acids is 1. The van der Waals surface area contributed by atoms with Crippen LogP contribution in [-0.2, 0) is 0 Å². The molecule has 0 spiro atoms. The van der Waals surface area contributed by atoms with E-state index in [-0.39, 0.29) is 11.3 Å². The first-order valence-electron chi connectivity index (χ1n) is 8.10. The van der Waals surface area contributed by atoms with Gasteiger partial charge in [-0.15, -0.1) is 15.3 Å². The third-order valence-corrected chi connectivity index (χ3v) is 4.44.